The van der Waals surface area contributed by atoms with Gasteiger partial charge >= 0.3 is 5.97 Å². The highest BCUT2D eigenvalue weighted by Crippen LogP contribution is 2.36. The second kappa shape index (κ2) is 7.02. The molecule has 3 rings (SSSR count). The molecule has 3 nitrogen and oxygen atoms in total. The van der Waals surface area contributed by atoms with E-state index in [0.717, 1.165) is 35.2 Å². The quantitative estimate of drug-likeness (QED) is 0.596. The van der Waals surface area contributed by atoms with E-state index in [2.05, 4.69) is 29.6 Å². The average Bonchev–Trinajstić information content (AvgIpc) is 2.90. The Morgan fingerprint density at radius 1 is 1.17 bits per heavy atom. The van der Waals surface area contributed by atoms with Gasteiger partial charge in [-0.2, -0.15) is 0 Å². The fraction of sp³-hybridized carbons (Fsp3) is 0.167. The number of thiophene rings is 1. The summed E-state index contributed by atoms with van der Waals surface area (Å²) in [6, 6.07) is 16.2. The summed E-state index contributed by atoms with van der Waals surface area (Å²) in [5.41, 5.74) is 2.29. The zero-order valence-corrected chi connectivity index (χ0v) is 14.0. The van der Waals surface area contributed by atoms with Crippen molar-refractivity contribution in [2.24, 2.45) is 0 Å². The third kappa shape index (κ3) is 3.66. The topological polar surface area (TPSA) is 49.3 Å². The van der Waals surface area contributed by atoms with Gasteiger partial charge in [0.2, 0.25) is 0 Å². The van der Waals surface area contributed by atoms with E-state index in [0.29, 0.717) is 5.02 Å². The Bertz CT molecular complexity index is 830. The number of carboxylic acids is 1. The van der Waals surface area contributed by atoms with Crippen LogP contribution in [0.3, 0.4) is 0 Å². The van der Waals surface area contributed by atoms with Gasteiger partial charge < -0.3 is 10.4 Å². The van der Waals surface area contributed by atoms with Gasteiger partial charge in [-0.1, -0.05) is 41.9 Å². The number of rotatable bonds is 6. The van der Waals surface area contributed by atoms with Gasteiger partial charge in [0, 0.05) is 22.3 Å². The lowest BCUT2D eigenvalue weighted by atomic mass is 10.1. The largest absolute Gasteiger partial charge is 0.477 e. The number of hydrogen-bond donors (Lipinski definition) is 2. The number of benzene rings is 2. The zero-order valence-electron chi connectivity index (χ0n) is 12.4. The van der Waals surface area contributed by atoms with Crippen LogP contribution in [0.4, 0.5) is 5.69 Å². The van der Waals surface area contributed by atoms with Gasteiger partial charge in [0.15, 0.2) is 0 Å². The van der Waals surface area contributed by atoms with Crippen LogP contribution in [0.15, 0.2) is 48.5 Å². The molecule has 1 aromatic heterocycles. The van der Waals surface area contributed by atoms with E-state index in [-0.39, 0.29) is 4.88 Å². The van der Waals surface area contributed by atoms with Crippen molar-refractivity contribution in [1.82, 2.24) is 0 Å². The number of carboxylic acid groups (broad SMARTS) is 1. The molecule has 0 atom stereocenters. The maximum Gasteiger partial charge on any atom is 0.347 e. The molecule has 23 heavy (non-hydrogen) atoms. The van der Waals surface area contributed by atoms with Crippen molar-refractivity contribution >= 4 is 44.7 Å². The van der Waals surface area contributed by atoms with Gasteiger partial charge in [0.05, 0.1) is 5.02 Å². The van der Waals surface area contributed by atoms with Crippen LogP contribution in [0.5, 0.6) is 0 Å². The van der Waals surface area contributed by atoms with E-state index < -0.39 is 5.97 Å². The third-order valence-corrected chi connectivity index (χ3v) is 5.30. The summed E-state index contributed by atoms with van der Waals surface area (Å²) in [7, 11) is 0. The Kier molecular flexibility index (Phi) is 4.84. The SMILES string of the molecule is O=C(O)c1sc2ccc(NCCCc3ccccc3)cc2c1Cl. The Balaban J connectivity index is 1.64. The first-order valence-electron chi connectivity index (χ1n) is 7.38. The molecule has 0 bridgehead atoms. The summed E-state index contributed by atoms with van der Waals surface area (Å²) in [6.45, 7) is 0.855. The summed E-state index contributed by atoms with van der Waals surface area (Å²) >= 11 is 7.37. The van der Waals surface area contributed by atoms with E-state index in [9.17, 15) is 4.79 Å². The number of aromatic carboxylic acids is 1. The molecule has 0 saturated carbocycles. The molecule has 0 fully saturated rings. The van der Waals surface area contributed by atoms with Crippen LogP contribution in [0, 0.1) is 0 Å². The molecule has 0 unspecified atom stereocenters. The van der Waals surface area contributed by atoms with Gasteiger partial charge in [0.1, 0.15) is 4.88 Å². The van der Waals surface area contributed by atoms with E-state index in [1.807, 2.05) is 24.3 Å². The van der Waals surface area contributed by atoms with Crippen LogP contribution in [-0.4, -0.2) is 17.6 Å². The summed E-state index contributed by atoms with van der Waals surface area (Å²) in [5.74, 6) is -0.978. The number of carbonyl (C=O) groups is 1. The molecule has 0 spiro atoms. The fourth-order valence-corrected chi connectivity index (χ4v) is 3.81. The summed E-state index contributed by atoms with van der Waals surface area (Å²) < 4.78 is 0.891. The Morgan fingerprint density at radius 2 is 1.96 bits per heavy atom. The minimum atomic E-state index is -0.978. The van der Waals surface area contributed by atoms with Crippen molar-refractivity contribution in [3.8, 4) is 0 Å². The zero-order chi connectivity index (χ0) is 16.2. The predicted octanol–water partition coefficient (Wildman–Crippen LogP) is 5.30. The van der Waals surface area contributed by atoms with Crippen molar-refractivity contribution in [2.45, 2.75) is 12.8 Å². The maximum absolute atomic E-state index is 11.1. The lowest BCUT2D eigenvalue weighted by Gasteiger charge is -2.07. The van der Waals surface area contributed by atoms with Crippen molar-refractivity contribution in [2.75, 3.05) is 11.9 Å². The first-order chi connectivity index (χ1) is 11.1. The number of fused-ring (bicyclic) bond motifs is 1. The predicted molar refractivity (Wildman–Crippen MR) is 97.0 cm³/mol. The van der Waals surface area contributed by atoms with Crippen LogP contribution in [-0.2, 0) is 6.42 Å². The molecular weight excluding hydrogens is 330 g/mol. The highest BCUT2D eigenvalue weighted by atomic mass is 35.5. The highest BCUT2D eigenvalue weighted by molar-refractivity contribution is 7.21. The molecular formula is C18H16ClNO2S. The number of aryl methyl sites for hydroxylation is 1. The molecule has 5 heteroatoms. The summed E-state index contributed by atoms with van der Waals surface area (Å²) in [6.07, 6.45) is 2.05. The first kappa shape index (κ1) is 15.8. The monoisotopic (exact) mass is 345 g/mol. The maximum atomic E-state index is 11.1. The molecule has 0 radical (unpaired) electrons. The summed E-state index contributed by atoms with van der Waals surface area (Å²) in [4.78, 5) is 11.3. The van der Waals surface area contributed by atoms with Gasteiger partial charge in [-0.25, -0.2) is 4.79 Å². The number of hydrogen-bond acceptors (Lipinski definition) is 3. The molecule has 0 amide bonds. The van der Waals surface area contributed by atoms with Gasteiger partial charge in [-0.3, -0.25) is 0 Å². The van der Waals surface area contributed by atoms with Gasteiger partial charge in [-0.15, -0.1) is 11.3 Å². The molecule has 0 aliphatic heterocycles. The minimum absolute atomic E-state index is 0.197. The van der Waals surface area contributed by atoms with E-state index >= 15 is 0 Å². The van der Waals surface area contributed by atoms with Crippen molar-refractivity contribution < 1.29 is 9.90 Å². The second-order valence-electron chi connectivity index (χ2n) is 5.28. The van der Waals surface area contributed by atoms with E-state index in [1.54, 1.807) is 0 Å². The van der Waals surface area contributed by atoms with E-state index in [4.69, 9.17) is 16.7 Å². The Labute approximate surface area is 143 Å². The fourth-order valence-electron chi connectivity index (χ4n) is 2.48. The van der Waals surface area contributed by atoms with Crippen LogP contribution < -0.4 is 5.32 Å². The molecule has 3 aromatic rings. The lowest BCUT2D eigenvalue weighted by molar-refractivity contribution is 0.0702. The third-order valence-electron chi connectivity index (χ3n) is 3.64. The molecule has 2 N–H and O–H groups in total. The standard InChI is InChI=1S/C18H16ClNO2S/c19-16-14-11-13(8-9-15(14)23-17(16)18(21)22)20-10-4-7-12-5-2-1-3-6-12/h1-3,5-6,8-9,11,20H,4,7,10H2,(H,21,22). The van der Waals surface area contributed by atoms with Crippen molar-refractivity contribution in [3.63, 3.8) is 0 Å². The lowest BCUT2D eigenvalue weighted by Crippen LogP contribution is -2.02. The second-order valence-corrected chi connectivity index (χ2v) is 6.71. The number of halogens is 1. The molecule has 118 valence electrons. The van der Waals surface area contributed by atoms with E-state index in [1.165, 1.54) is 16.9 Å². The highest BCUT2D eigenvalue weighted by Gasteiger charge is 2.16. The first-order valence-corrected chi connectivity index (χ1v) is 8.58. The number of nitrogens with one attached hydrogen (secondary N) is 1. The average molecular weight is 346 g/mol. The summed E-state index contributed by atoms with van der Waals surface area (Å²) in [5, 5.41) is 13.6. The molecule has 0 aliphatic rings. The molecule has 0 aliphatic carbocycles. The Hall–Kier alpha value is -2.04. The van der Waals surface area contributed by atoms with Gasteiger partial charge in [-0.05, 0) is 36.6 Å². The molecule has 1 heterocycles. The minimum Gasteiger partial charge on any atom is -0.477 e. The Morgan fingerprint density at radius 3 is 2.70 bits per heavy atom. The normalized spacial score (nSPS) is 10.8. The van der Waals surface area contributed by atoms with Crippen molar-refractivity contribution in [3.05, 3.63) is 64.0 Å². The van der Waals surface area contributed by atoms with Crippen LogP contribution in [0.2, 0.25) is 5.02 Å². The van der Waals surface area contributed by atoms with Crippen LogP contribution in [0.25, 0.3) is 10.1 Å². The smallest absolute Gasteiger partial charge is 0.347 e. The van der Waals surface area contributed by atoms with Gasteiger partial charge in [0.25, 0.3) is 0 Å². The number of anilines is 1. The van der Waals surface area contributed by atoms with Crippen LogP contribution >= 0.6 is 22.9 Å². The van der Waals surface area contributed by atoms with Crippen molar-refractivity contribution in [1.29, 1.82) is 0 Å². The van der Waals surface area contributed by atoms with Crippen LogP contribution in [0.1, 0.15) is 21.7 Å². The molecule has 2 aromatic carbocycles. The molecule has 0 saturated heterocycles.